The molecule has 1 aromatic rings. The summed E-state index contributed by atoms with van der Waals surface area (Å²) in [4.78, 5) is 23.2. The highest BCUT2D eigenvalue weighted by atomic mass is 19.1. The lowest BCUT2D eigenvalue weighted by Gasteiger charge is -2.20. The minimum absolute atomic E-state index is 0.102. The molecule has 6 heteroatoms. The number of rotatable bonds is 8. The highest BCUT2D eigenvalue weighted by molar-refractivity contribution is 6.03. The number of nitrogens with one attached hydrogen (secondary N) is 2. The van der Waals surface area contributed by atoms with E-state index in [0.717, 1.165) is 25.0 Å². The van der Waals surface area contributed by atoms with Gasteiger partial charge < -0.3 is 15.7 Å². The van der Waals surface area contributed by atoms with E-state index in [-0.39, 0.29) is 23.7 Å². The molecule has 0 saturated carbocycles. The molecule has 1 rings (SSSR count). The second kappa shape index (κ2) is 9.05. The molecule has 2 amide bonds. The van der Waals surface area contributed by atoms with Crippen molar-refractivity contribution in [2.45, 2.75) is 26.7 Å². The summed E-state index contributed by atoms with van der Waals surface area (Å²) in [6.07, 6.45) is 3.81. The van der Waals surface area contributed by atoms with Crippen LogP contribution in [0.4, 0.5) is 10.1 Å². The number of carbonyl (C=O) groups is 2. The van der Waals surface area contributed by atoms with E-state index in [4.69, 9.17) is 5.11 Å². The minimum Gasteiger partial charge on any atom is -0.396 e. The molecule has 1 aromatic carbocycles. The molecule has 0 radical (unpaired) electrons. The minimum atomic E-state index is -0.465. The molecule has 0 heterocycles. The molecule has 0 aliphatic heterocycles. The summed E-state index contributed by atoms with van der Waals surface area (Å²) in [5.41, 5.74) is 0.294. The van der Waals surface area contributed by atoms with E-state index in [9.17, 15) is 14.0 Å². The molecule has 0 aromatic heterocycles. The molecular weight excluding hydrogens is 299 g/mol. The van der Waals surface area contributed by atoms with Gasteiger partial charge in [0.05, 0.1) is 0 Å². The Balaban J connectivity index is 2.29. The van der Waals surface area contributed by atoms with Gasteiger partial charge in [0.15, 0.2) is 0 Å². The zero-order valence-corrected chi connectivity index (χ0v) is 13.4. The van der Waals surface area contributed by atoms with Crippen LogP contribution in [0.1, 0.15) is 26.7 Å². The smallest absolute Gasteiger partial charge is 0.248 e. The fraction of sp³-hybridized carbons (Fsp3) is 0.412. The van der Waals surface area contributed by atoms with Crippen LogP contribution >= 0.6 is 0 Å². The van der Waals surface area contributed by atoms with Crippen molar-refractivity contribution >= 4 is 17.5 Å². The zero-order valence-electron chi connectivity index (χ0n) is 13.4. The molecule has 0 aliphatic carbocycles. The Morgan fingerprint density at radius 2 is 1.78 bits per heavy atom. The number of hydrogen-bond acceptors (Lipinski definition) is 3. The third kappa shape index (κ3) is 8.11. The highest BCUT2D eigenvalue weighted by Crippen LogP contribution is 2.20. The average molecular weight is 322 g/mol. The number of anilines is 1. The molecular formula is C17H23FN2O3. The molecule has 0 unspecified atom stereocenters. The number of benzene rings is 1. The Morgan fingerprint density at radius 1 is 1.17 bits per heavy atom. The van der Waals surface area contributed by atoms with E-state index in [1.54, 1.807) is 0 Å². The Labute approximate surface area is 135 Å². The van der Waals surface area contributed by atoms with Crippen LogP contribution in [-0.4, -0.2) is 30.1 Å². The van der Waals surface area contributed by atoms with Gasteiger partial charge in [0.25, 0.3) is 0 Å². The van der Waals surface area contributed by atoms with Gasteiger partial charge in [-0.15, -0.1) is 0 Å². The van der Waals surface area contributed by atoms with Crippen molar-refractivity contribution in [1.82, 2.24) is 5.32 Å². The third-order valence-electron chi connectivity index (χ3n) is 3.26. The Kier molecular flexibility index (Phi) is 7.41. The predicted octanol–water partition coefficient (Wildman–Crippen LogP) is 2.24. The third-order valence-corrected chi connectivity index (χ3v) is 3.26. The quantitative estimate of drug-likeness (QED) is 0.507. The van der Waals surface area contributed by atoms with E-state index in [1.807, 2.05) is 13.8 Å². The summed E-state index contributed by atoms with van der Waals surface area (Å²) in [6, 6.07) is 5.34. The monoisotopic (exact) mass is 322 g/mol. The number of carbonyl (C=O) groups excluding carboxylic acids is 2. The highest BCUT2D eigenvalue weighted by Gasteiger charge is 2.15. The lowest BCUT2D eigenvalue weighted by molar-refractivity contribution is -0.117. The number of aliphatic hydroxyl groups excluding tert-OH is 1. The van der Waals surface area contributed by atoms with Crippen molar-refractivity contribution in [3.8, 4) is 0 Å². The summed E-state index contributed by atoms with van der Waals surface area (Å²) in [5, 5.41) is 14.3. The van der Waals surface area contributed by atoms with Gasteiger partial charge in [-0.1, -0.05) is 13.8 Å². The maximum absolute atomic E-state index is 12.7. The second-order valence-electron chi connectivity index (χ2n) is 6.05. The normalized spacial score (nSPS) is 11.5. The molecule has 126 valence electrons. The van der Waals surface area contributed by atoms with Crippen LogP contribution in [0.25, 0.3) is 0 Å². The largest absolute Gasteiger partial charge is 0.396 e. The lowest BCUT2D eigenvalue weighted by atomic mass is 9.89. The Bertz CT molecular complexity index is 553. The van der Waals surface area contributed by atoms with E-state index < -0.39 is 5.91 Å². The van der Waals surface area contributed by atoms with E-state index in [0.29, 0.717) is 12.2 Å². The molecule has 0 bridgehead atoms. The van der Waals surface area contributed by atoms with Crippen molar-refractivity contribution in [3.05, 3.63) is 42.2 Å². The average Bonchev–Trinajstić information content (AvgIpc) is 2.52. The maximum Gasteiger partial charge on any atom is 0.248 e. The number of amides is 2. The maximum atomic E-state index is 12.7. The summed E-state index contributed by atoms with van der Waals surface area (Å²) in [6.45, 7) is 4.49. The molecule has 0 fully saturated rings. The van der Waals surface area contributed by atoms with Crippen LogP contribution in [-0.2, 0) is 9.59 Å². The Hall–Kier alpha value is -2.21. The zero-order chi connectivity index (χ0) is 17.3. The topological polar surface area (TPSA) is 78.4 Å². The summed E-state index contributed by atoms with van der Waals surface area (Å²) in [5.74, 6) is -1.21. The first-order valence-corrected chi connectivity index (χ1v) is 7.46. The van der Waals surface area contributed by atoms with E-state index in [2.05, 4.69) is 10.6 Å². The van der Waals surface area contributed by atoms with Crippen LogP contribution in [0.2, 0.25) is 0 Å². The molecule has 0 saturated heterocycles. The van der Waals surface area contributed by atoms with Crippen molar-refractivity contribution in [2.75, 3.05) is 18.5 Å². The van der Waals surface area contributed by atoms with Gasteiger partial charge in [0, 0.05) is 31.0 Å². The first-order chi connectivity index (χ1) is 10.8. The number of aliphatic hydroxyl groups is 1. The van der Waals surface area contributed by atoms with Crippen molar-refractivity contribution < 1.29 is 19.1 Å². The van der Waals surface area contributed by atoms with Gasteiger partial charge in [0.1, 0.15) is 5.82 Å². The first kappa shape index (κ1) is 18.8. The first-order valence-electron chi connectivity index (χ1n) is 7.46. The molecule has 0 atom stereocenters. The fourth-order valence-corrected chi connectivity index (χ4v) is 1.79. The fourth-order valence-electron chi connectivity index (χ4n) is 1.79. The summed E-state index contributed by atoms with van der Waals surface area (Å²) >= 11 is 0. The van der Waals surface area contributed by atoms with Crippen molar-refractivity contribution in [3.63, 3.8) is 0 Å². The van der Waals surface area contributed by atoms with E-state index in [1.165, 1.54) is 24.3 Å². The van der Waals surface area contributed by atoms with Crippen LogP contribution in [0, 0.1) is 11.2 Å². The SMILES string of the molecule is CC(C)(CO)CCCNC(=O)/C=C/C(=O)Nc1ccc(F)cc1. The van der Waals surface area contributed by atoms with Crippen LogP contribution in [0.3, 0.4) is 0 Å². The molecule has 0 aliphatic rings. The molecule has 5 nitrogen and oxygen atoms in total. The van der Waals surface area contributed by atoms with Gasteiger partial charge in [-0.25, -0.2) is 4.39 Å². The molecule has 23 heavy (non-hydrogen) atoms. The predicted molar refractivity (Wildman–Crippen MR) is 87.3 cm³/mol. The molecule has 3 N–H and O–H groups in total. The van der Waals surface area contributed by atoms with Crippen LogP contribution in [0.5, 0.6) is 0 Å². The van der Waals surface area contributed by atoms with Crippen LogP contribution < -0.4 is 10.6 Å². The van der Waals surface area contributed by atoms with Crippen LogP contribution in [0.15, 0.2) is 36.4 Å². The lowest BCUT2D eigenvalue weighted by Crippen LogP contribution is -2.25. The Morgan fingerprint density at radius 3 is 2.39 bits per heavy atom. The number of hydrogen-bond donors (Lipinski definition) is 3. The van der Waals surface area contributed by atoms with E-state index >= 15 is 0 Å². The summed E-state index contributed by atoms with van der Waals surface area (Å²) < 4.78 is 12.7. The van der Waals surface area contributed by atoms with Gasteiger partial charge in [-0.3, -0.25) is 9.59 Å². The number of halogens is 1. The standard InChI is InChI=1S/C17H23FN2O3/c1-17(2,12-21)10-3-11-19-15(22)8-9-16(23)20-14-6-4-13(18)5-7-14/h4-9,21H,3,10-12H2,1-2H3,(H,19,22)(H,20,23)/b9-8+. The van der Waals surface area contributed by atoms with Gasteiger partial charge in [-0.2, -0.15) is 0 Å². The van der Waals surface area contributed by atoms with Gasteiger partial charge >= 0.3 is 0 Å². The second-order valence-corrected chi connectivity index (χ2v) is 6.05. The van der Waals surface area contributed by atoms with Gasteiger partial charge in [-0.05, 0) is 42.5 Å². The van der Waals surface area contributed by atoms with Crippen molar-refractivity contribution in [1.29, 1.82) is 0 Å². The molecule has 0 spiro atoms. The van der Waals surface area contributed by atoms with Gasteiger partial charge in [0.2, 0.25) is 11.8 Å². The van der Waals surface area contributed by atoms with Crippen molar-refractivity contribution in [2.24, 2.45) is 5.41 Å². The summed E-state index contributed by atoms with van der Waals surface area (Å²) in [7, 11) is 0.